The Hall–Kier alpha value is -1.76. The number of hydrogen-bond donors (Lipinski definition) is 2. The van der Waals surface area contributed by atoms with Gasteiger partial charge in [0, 0.05) is 6.54 Å². The second kappa shape index (κ2) is 5.53. The van der Waals surface area contributed by atoms with Gasteiger partial charge in [0.05, 0.1) is 19.2 Å². The Kier molecular flexibility index (Phi) is 4.33. The zero-order valence-electron chi connectivity index (χ0n) is 9.11. The smallest absolute Gasteiger partial charge is 0.307 e. The Balaban J connectivity index is 3.29. The van der Waals surface area contributed by atoms with Gasteiger partial charge in [-0.1, -0.05) is 0 Å². The van der Waals surface area contributed by atoms with Crippen LogP contribution in [0.15, 0.2) is 6.07 Å². The Morgan fingerprint density at radius 2 is 2.29 bits per heavy atom. The lowest BCUT2D eigenvalue weighted by Crippen LogP contribution is -2.11. The van der Waals surface area contributed by atoms with Crippen LogP contribution >= 0.6 is 0 Å². The molecule has 0 unspecified atom stereocenters. The number of nitrogens with two attached hydrogens (primary N) is 1. The van der Waals surface area contributed by atoms with Crippen molar-refractivity contribution in [3.05, 3.63) is 23.0 Å². The minimum atomic E-state index is -2.85. The van der Waals surface area contributed by atoms with Crippen molar-refractivity contribution in [3.8, 4) is 5.75 Å². The monoisotopic (exact) mass is 246 g/mol. The summed E-state index contributed by atoms with van der Waals surface area (Å²) in [4.78, 5) is 14.2. The van der Waals surface area contributed by atoms with E-state index in [0.29, 0.717) is 0 Å². The van der Waals surface area contributed by atoms with E-state index in [1.54, 1.807) is 0 Å². The van der Waals surface area contributed by atoms with E-state index in [-0.39, 0.29) is 23.6 Å². The number of aromatic nitrogens is 1. The third kappa shape index (κ3) is 3.10. The number of carboxylic acid groups (broad SMARTS) is 1. The lowest BCUT2D eigenvalue weighted by Gasteiger charge is -2.12. The molecule has 0 spiro atoms. The molecular weight excluding hydrogens is 234 g/mol. The van der Waals surface area contributed by atoms with Gasteiger partial charge in [-0.15, -0.1) is 0 Å². The first-order valence-corrected chi connectivity index (χ1v) is 4.76. The molecule has 94 valence electrons. The van der Waals surface area contributed by atoms with Crippen LogP contribution in [0.5, 0.6) is 5.75 Å². The largest absolute Gasteiger partial charge is 0.495 e. The fourth-order valence-electron chi connectivity index (χ4n) is 1.40. The molecule has 1 aromatic heterocycles. The summed E-state index contributed by atoms with van der Waals surface area (Å²) < 4.78 is 30.3. The maximum Gasteiger partial charge on any atom is 0.307 e. The minimum absolute atomic E-state index is 0.0593. The first kappa shape index (κ1) is 13.3. The molecule has 1 aromatic rings. The van der Waals surface area contributed by atoms with Crippen molar-refractivity contribution in [3.63, 3.8) is 0 Å². The van der Waals surface area contributed by atoms with E-state index in [1.165, 1.54) is 13.2 Å². The molecule has 3 N–H and O–H groups in total. The van der Waals surface area contributed by atoms with Crippen LogP contribution in [0.3, 0.4) is 0 Å². The summed E-state index contributed by atoms with van der Waals surface area (Å²) in [5.41, 5.74) is 4.89. The highest BCUT2D eigenvalue weighted by molar-refractivity contribution is 5.70. The molecule has 0 saturated heterocycles. The van der Waals surface area contributed by atoms with Crippen LogP contribution in [0.4, 0.5) is 8.78 Å². The highest BCUT2D eigenvalue weighted by atomic mass is 19.3. The average Bonchev–Trinajstić information content (AvgIpc) is 2.27. The lowest BCUT2D eigenvalue weighted by atomic mass is 10.1. The molecule has 1 heterocycles. The molecule has 0 amide bonds. The number of halogens is 2. The Morgan fingerprint density at radius 1 is 1.65 bits per heavy atom. The van der Waals surface area contributed by atoms with Gasteiger partial charge in [-0.05, 0) is 11.6 Å². The second-order valence-corrected chi connectivity index (χ2v) is 3.26. The van der Waals surface area contributed by atoms with Crippen molar-refractivity contribution in [2.24, 2.45) is 5.73 Å². The summed E-state index contributed by atoms with van der Waals surface area (Å²) in [5.74, 6) is -0.996. The minimum Gasteiger partial charge on any atom is -0.495 e. The first-order chi connectivity index (χ1) is 7.99. The number of carbonyl (C=O) groups is 1. The van der Waals surface area contributed by atoms with Crippen LogP contribution in [0.1, 0.15) is 23.4 Å². The second-order valence-electron chi connectivity index (χ2n) is 3.26. The number of nitrogens with zero attached hydrogens (tertiary/aromatic N) is 1. The van der Waals surface area contributed by atoms with Gasteiger partial charge in [0.15, 0.2) is 0 Å². The number of pyridine rings is 1. The highest BCUT2D eigenvalue weighted by Gasteiger charge is 2.20. The summed E-state index contributed by atoms with van der Waals surface area (Å²) in [5, 5.41) is 8.63. The van der Waals surface area contributed by atoms with E-state index in [9.17, 15) is 13.6 Å². The Labute approximate surface area is 96.2 Å². The molecule has 0 fully saturated rings. The quantitative estimate of drug-likeness (QED) is 0.812. The van der Waals surface area contributed by atoms with Crippen molar-refractivity contribution in [1.82, 2.24) is 4.98 Å². The molecule has 0 atom stereocenters. The summed E-state index contributed by atoms with van der Waals surface area (Å²) >= 11 is 0. The Morgan fingerprint density at radius 3 is 2.71 bits per heavy atom. The van der Waals surface area contributed by atoms with Crippen molar-refractivity contribution in [1.29, 1.82) is 0 Å². The molecule has 0 bridgehead atoms. The van der Waals surface area contributed by atoms with E-state index in [2.05, 4.69) is 4.98 Å². The van der Waals surface area contributed by atoms with Crippen LogP contribution in [0, 0.1) is 0 Å². The molecule has 0 saturated carbocycles. The first-order valence-electron chi connectivity index (χ1n) is 4.76. The van der Waals surface area contributed by atoms with Gasteiger partial charge in [-0.25, -0.2) is 13.8 Å². The third-order valence-corrected chi connectivity index (χ3v) is 2.14. The zero-order valence-corrected chi connectivity index (χ0v) is 9.11. The van der Waals surface area contributed by atoms with E-state index < -0.39 is 24.5 Å². The standard InChI is InChI=1S/C10H12F2N2O3/c1-17-7-2-5(3-8(15)16)9(10(11)12)14-6(7)4-13/h2,10H,3-4,13H2,1H3,(H,15,16). The van der Waals surface area contributed by atoms with E-state index >= 15 is 0 Å². The number of carboxylic acids is 1. The molecule has 0 aliphatic rings. The average molecular weight is 246 g/mol. The van der Waals surface area contributed by atoms with Crippen molar-refractivity contribution in [2.75, 3.05) is 7.11 Å². The number of methoxy groups -OCH3 is 1. The van der Waals surface area contributed by atoms with Crippen molar-refractivity contribution < 1.29 is 23.4 Å². The van der Waals surface area contributed by atoms with Gasteiger partial charge >= 0.3 is 5.97 Å². The summed E-state index contributed by atoms with van der Waals surface area (Å²) in [6, 6.07) is 1.24. The van der Waals surface area contributed by atoms with E-state index in [0.717, 1.165) is 0 Å². The molecule has 7 heteroatoms. The van der Waals surface area contributed by atoms with E-state index in [4.69, 9.17) is 15.6 Å². The van der Waals surface area contributed by atoms with E-state index in [1.807, 2.05) is 0 Å². The number of alkyl halides is 2. The fourth-order valence-corrected chi connectivity index (χ4v) is 1.40. The van der Waals surface area contributed by atoms with Gasteiger partial charge in [0.1, 0.15) is 11.4 Å². The number of rotatable bonds is 5. The van der Waals surface area contributed by atoms with Gasteiger partial charge < -0.3 is 15.6 Å². The van der Waals surface area contributed by atoms with Gasteiger partial charge in [0.2, 0.25) is 0 Å². The predicted molar refractivity (Wildman–Crippen MR) is 55.0 cm³/mol. The summed E-state index contributed by atoms with van der Waals surface area (Å²) in [6.07, 6.45) is -3.38. The fraction of sp³-hybridized carbons (Fsp3) is 0.400. The molecule has 1 rings (SSSR count). The number of hydrogen-bond acceptors (Lipinski definition) is 4. The normalized spacial score (nSPS) is 10.6. The van der Waals surface area contributed by atoms with Gasteiger partial charge in [-0.3, -0.25) is 4.79 Å². The van der Waals surface area contributed by atoms with Crippen molar-refractivity contribution in [2.45, 2.75) is 19.4 Å². The lowest BCUT2D eigenvalue weighted by molar-refractivity contribution is -0.136. The molecule has 0 aromatic carbocycles. The molecule has 0 radical (unpaired) electrons. The predicted octanol–water partition coefficient (Wildman–Crippen LogP) is 1.11. The Bertz CT molecular complexity index is 424. The topological polar surface area (TPSA) is 85.4 Å². The maximum atomic E-state index is 12.7. The summed E-state index contributed by atoms with van der Waals surface area (Å²) in [6.45, 7) is -0.0593. The zero-order chi connectivity index (χ0) is 13.0. The van der Waals surface area contributed by atoms with Crippen LogP contribution in [-0.4, -0.2) is 23.2 Å². The van der Waals surface area contributed by atoms with Crippen LogP contribution < -0.4 is 10.5 Å². The van der Waals surface area contributed by atoms with Crippen LogP contribution in [-0.2, 0) is 17.8 Å². The molecule has 17 heavy (non-hydrogen) atoms. The highest BCUT2D eigenvalue weighted by Crippen LogP contribution is 2.27. The van der Waals surface area contributed by atoms with Crippen LogP contribution in [0.25, 0.3) is 0 Å². The van der Waals surface area contributed by atoms with Crippen LogP contribution in [0.2, 0.25) is 0 Å². The number of aliphatic carboxylic acids is 1. The molecule has 0 aliphatic carbocycles. The SMILES string of the molecule is COc1cc(CC(=O)O)c(C(F)F)nc1CN. The van der Waals surface area contributed by atoms with Gasteiger partial charge in [-0.2, -0.15) is 0 Å². The van der Waals surface area contributed by atoms with Crippen molar-refractivity contribution >= 4 is 5.97 Å². The molecule has 5 nitrogen and oxygen atoms in total. The molecule has 0 aliphatic heterocycles. The third-order valence-electron chi connectivity index (χ3n) is 2.14. The summed E-state index contributed by atoms with van der Waals surface area (Å²) in [7, 11) is 1.34. The molecular formula is C10H12F2N2O3. The van der Waals surface area contributed by atoms with Gasteiger partial charge in [0.25, 0.3) is 6.43 Å². The number of ether oxygens (including phenoxy) is 1. The maximum absolute atomic E-state index is 12.7.